The van der Waals surface area contributed by atoms with Crippen LogP contribution in [-0.2, 0) is 22.6 Å². The normalized spacial score (nSPS) is 21.4. The Labute approximate surface area is 147 Å². The fraction of sp³-hybridized carbons (Fsp3) is 0.350. The zero-order chi connectivity index (χ0) is 17.2. The molecule has 0 radical (unpaired) electrons. The van der Waals surface area contributed by atoms with Crippen molar-refractivity contribution in [3.05, 3.63) is 59.9 Å². The van der Waals surface area contributed by atoms with Gasteiger partial charge in [-0.25, -0.2) is 0 Å². The molecule has 1 aromatic heterocycles. The van der Waals surface area contributed by atoms with E-state index in [0.29, 0.717) is 13.0 Å². The first-order chi connectivity index (χ1) is 12.2. The molecule has 1 N–H and O–H groups in total. The van der Waals surface area contributed by atoms with E-state index in [1.807, 2.05) is 35.2 Å². The monoisotopic (exact) mass is 335 g/mol. The summed E-state index contributed by atoms with van der Waals surface area (Å²) in [6.45, 7) is 1.20. The third kappa shape index (κ3) is 3.27. The summed E-state index contributed by atoms with van der Waals surface area (Å²) in [6, 6.07) is 11.8. The number of para-hydroxylation sites is 1. The van der Waals surface area contributed by atoms with Crippen molar-refractivity contribution in [1.82, 2.24) is 10.3 Å². The Kier molecular flexibility index (Phi) is 4.22. The smallest absolute Gasteiger partial charge is 0.230 e. The maximum atomic E-state index is 12.8. The van der Waals surface area contributed by atoms with Crippen LogP contribution in [0.15, 0.2) is 48.8 Å². The molecule has 2 amide bonds. The fourth-order valence-electron chi connectivity index (χ4n) is 3.54. The largest absolute Gasteiger partial charge is 0.352 e. The Hall–Kier alpha value is -2.69. The number of nitrogens with zero attached hydrogens (tertiary/aromatic N) is 2. The number of carbonyl (C=O) groups is 2. The van der Waals surface area contributed by atoms with Crippen molar-refractivity contribution in [3.8, 4) is 0 Å². The van der Waals surface area contributed by atoms with E-state index in [1.165, 1.54) is 5.56 Å². The number of hydrogen-bond donors (Lipinski definition) is 1. The van der Waals surface area contributed by atoms with Crippen molar-refractivity contribution in [2.75, 3.05) is 11.4 Å². The van der Waals surface area contributed by atoms with E-state index in [-0.39, 0.29) is 23.7 Å². The Morgan fingerprint density at radius 3 is 2.88 bits per heavy atom. The van der Waals surface area contributed by atoms with Gasteiger partial charge in [0.15, 0.2) is 0 Å². The minimum atomic E-state index is -0.196. The highest BCUT2D eigenvalue weighted by molar-refractivity contribution is 6.01. The Balaban J connectivity index is 1.37. The summed E-state index contributed by atoms with van der Waals surface area (Å²) in [7, 11) is 0. The van der Waals surface area contributed by atoms with Crippen molar-refractivity contribution in [3.63, 3.8) is 0 Å². The summed E-state index contributed by atoms with van der Waals surface area (Å²) >= 11 is 0. The molecule has 0 bridgehead atoms. The molecule has 2 heterocycles. The average molecular weight is 335 g/mol. The molecule has 0 saturated heterocycles. The van der Waals surface area contributed by atoms with Crippen molar-refractivity contribution >= 4 is 17.5 Å². The molecule has 5 heteroatoms. The van der Waals surface area contributed by atoms with E-state index < -0.39 is 0 Å². The van der Waals surface area contributed by atoms with Crippen LogP contribution in [0.3, 0.4) is 0 Å². The number of nitrogens with one attached hydrogen (secondary N) is 1. The van der Waals surface area contributed by atoms with Gasteiger partial charge < -0.3 is 10.2 Å². The van der Waals surface area contributed by atoms with E-state index in [9.17, 15) is 9.59 Å². The predicted molar refractivity (Wildman–Crippen MR) is 94.8 cm³/mol. The summed E-state index contributed by atoms with van der Waals surface area (Å²) in [5, 5.41) is 2.92. The third-order valence-electron chi connectivity index (χ3n) is 5.01. The molecule has 5 nitrogen and oxygen atoms in total. The topological polar surface area (TPSA) is 62.3 Å². The molecule has 2 aliphatic rings. The van der Waals surface area contributed by atoms with Crippen LogP contribution in [0.1, 0.15) is 24.0 Å². The molecule has 128 valence electrons. The number of aromatic nitrogens is 1. The Bertz CT molecular complexity index is 791. The second kappa shape index (κ2) is 6.67. The lowest BCUT2D eigenvalue weighted by Crippen LogP contribution is -2.37. The standard InChI is InChI=1S/C20H21N3O2/c24-19(22-13-14-5-3-9-21-12-14)16-11-17(16)20(25)23-10-4-7-15-6-1-2-8-18(15)23/h1-3,5-6,8-9,12,16-17H,4,7,10-11,13H2,(H,22,24). The van der Waals surface area contributed by atoms with Gasteiger partial charge in [-0.05, 0) is 42.5 Å². The summed E-state index contributed by atoms with van der Waals surface area (Å²) in [5.74, 6) is -0.320. The van der Waals surface area contributed by atoms with Crippen LogP contribution in [-0.4, -0.2) is 23.3 Å². The summed E-state index contributed by atoms with van der Waals surface area (Å²) in [6.07, 6.45) is 6.08. The number of amides is 2. The third-order valence-corrected chi connectivity index (χ3v) is 5.01. The molecule has 4 rings (SSSR count). The number of rotatable bonds is 4. The average Bonchev–Trinajstić information content (AvgIpc) is 3.47. The van der Waals surface area contributed by atoms with Gasteiger partial charge >= 0.3 is 0 Å². The molecule has 2 atom stereocenters. The van der Waals surface area contributed by atoms with Crippen LogP contribution >= 0.6 is 0 Å². The van der Waals surface area contributed by atoms with Crippen LogP contribution in [0, 0.1) is 11.8 Å². The number of aryl methyl sites for hydroxylation is 1. The molecule has 1 saturated carbocycles. The number of benzene rings is 1. The highest BCUT2D eigenvalue weighted by Crippen LogP contribution is 2.42. The van der Waals surface area contributed by atoms with Gasteiger partial charge in [-0.1, -0.05) is 24.3 Å². The van der Waals surface area contributed by atoms with Crippen molar-refractivity contribution in [2.45, 2.75) is 25.8 Å². The van der Waals surface area contributed by atoms with E-state index in [2.05, 4.69) is 16.4 Å². The Morgan fingerprint density at radius 2 is 2.04 bits per heavy atom. The molecule has 1 aromatic carbocycles. The second-order valence-corrected chi connectivity index (χ2v) is 6.75. The predicted octanol–water partition coefficient (Wildman–Crippen LogP) is 2.31. The van der Waals surface area contributed by atoms with Gasteiger partial charge in [0.2, 0.25) is 11.8 Å². The van der Waals surface area contributed by atoms with Crippen LogP contribution in [0.5, 0.6) is 0 Å². The first kappa shape index (κ1) is 15.8. The lowest BCUT2D eigenvalue weighted by atomic mass is 10.0. The highest BCUT2D eigenvalue weighted by atomic mass is 16.2. The summed E-state index contributed by atoms with van der Waals surface area (Å²) in [4.78, 5) is 31.1. The van der Waals surface area contributed by atoms with Crippen LogP contribution in [0.4, 0.5) is 5.69 Å². The first-order valence-corrected chi connectivity index (χ1v) is 8.80. The minimum absolute atomic E-state index is 0.0347. The molecular weight excluding hydrogens is 314 g/mol. The number of fused-ring (bicyclic) bond motifs is 1. The van der Waals surface area contributed by atoms with Crippen molar-refractivity contribution < 1.29 is 9.59 Å². The SMILES string of the molecule is O=C(NCc1cccnc1)C1CC1C(=O)N1CCCc2ccccc21. The van der Waals surface area contributed by atoms with Gasteiger partial charge in [0.05, 0.1) is 11.8 Å². The molecule has 1 aliphatic carbocycles. The highest BCUT2D eigenvalue weighted by Gasteiger charge is 2.49. The number of pyridine rings is 1. The lowest BCUT2D eigenvalue weighted by Gasteiger charge is -2.29. The van der Waals surface area contributed by atoms with Crippen LogP contribution in [0.25, 0.3) is 0 Å². The molecule has 1 aliphatic heterocycles. The number of anilines is 1. The van der Waals surface area contributed by atoms with Crippen molar-refractivity contribution in [2.24, 2.45) is 11.8 Å². The fourth-order valence-corrected chi connectivity index (χ4v) is 3.54. The zero-order valence-electron chi connectivity index (χ0n) is 14.0. The molecule has 1 fully saturated rings. The number of hydrogen-bond acceptors (Lipinski definition) is 3. The Morgan fingerprint density at radius 1 is 1.16 bits per heavy atom. The van der Waals surface area contributed by atoms with Gasteiger partial charge in [0.25, 0.3) is 0 Å². The summed E-state index contributed by atoms with van der Waals surface area (Å²) in [5.41, 5.74) is 3.20. The van der Waals surface area contributed by atoms with E-state index in [1.54, 1.807) is 12.4 Å². The summed E-state index contributed by atoms with van der Waals surface area (Å²) < 4.78 is 0. The number of carbonyl (C=O) groups excluding carboxylic acids is 2. The molecule has 25 heavy (non-hydrogen) atoms. The van der Waals surface area contributed by atoms with E-state index in [0.717, 1.165) is 30.6 Å². The van der Waals surface area contributed by atoms with Gasteiger partial charge in [-0.2, -0.15) is 0 Å². The van der Waals surface area contributed by atoms with Crippen LogP contribution < -0.4 is 10.2 Å². The van der Waals surface area contributed by atoms with E-state index in [4.69, 9.17) is 0 Å². The molecule has 0 spiro atoms. The van der Waals surface area contributed by atoms with Gasteiger partial charge in [-0.3, -0.25) is 14.6 Å². The quantitative estimate of drug-likeness (QED) is 0.933. The first-order valence-electron chi connectivity index (χ1n) is 8.80. The van der Waals surface area contributed by atoms with Crippen molar-refractivity contribution in [1.29, 1.82) is 0 Å². The maximum Gasteiger partial charge on any atom is 0.230 e. The zero-order valence-corrected chi connectivity index (χ0v) is 14.0. The second-order valence-electron chi connectivity index (χ2n) is 6.75. The van der Waals surface area contributed by atoms with E-state index >= 15 is 0 Å². The van der Waals surface area contributed by atoms with Gasteiger partial charge in [0.1, 0.15) is 0 Å². The lowest BCUT2D eigenvalue weighted by molar-refractivity contribution is -0.126. The maximum absolute atomic E-state index is 12.8. The molecule has 2 unspecified atom stereocenters. The van der Waals surface area contributed by atoms with Gasteiger partial charge in [0, 0.05) is 31.2 Å². The molecular formula is C20H21N3O2. The van der Waals surface area contributed by atoms with Crippen LogP contribution in [0.2, 0.25) is 0 Å². The minimum Gasteiger partial charge on any atom is -0.352 e. The molecule has 2 aromatic rings. The van der Waals surface area contributed by atoms with Gasteiger partial charge in [-0.15, -0.1) is 0 Å².